The van der Waals surface area contributed by atoms with Crippen LogP contribution in [0.1, 0.15) is 0 Å². The average Bonchev–Trinajstić information content (AvgIpc) is 2.53. The highest BCUT2D eigenvalue weighted by atomic mass is 16.5. The predicted molar refractivity (Wildman–Crippen MR) is 81.0 cm³/mol. The first-order valence-corrected chi connectivity index (χ1v) is 6.68. The summed E-state index contributed by atoms with van der Waals surface area (Å²) in [6, 6.07) is 3.68. The van der Waals surface area contributed by atoms with E-state index < -0.39 is 0 Å². The van der Waals surface area contributed by atoms with Crippen molar-refractivity contribution in [3.8, 4) is 11.5 Å². The Morgan fingerprint density at radius 2 is 1.86 bits per heavy atom. The largest absolute Gasteiger partial charge is 0.493 e. The first-order chi connectivity index (χ1) is 10.3. The van der Waals surface area contributed by atoms with Gasteiger partial charge in [0.15, 0.2) is 11.5 Å². The molecule has 0 atom stereocenters. The van der Waals surface area contributed by atoms with Gasteiger partial charge in [-0.05, 0) is 6.07 Å². The third kappa shape index (κ3) is 3.71. The first-order valence-electron chi connectivity index (χ1n) is 6.68. The Morgan fingerprint density at radius 1 is 1.10 bits per heavy atom. The van der Waals surface area contributed by atoms with E-state index in [2.05, 4.69) is 15.3 Å². The Kier molecular flexibility index (Phi) is 5.53. The van der Waals surface area contributed by atoms with E-state index in [0.29, 0.717) is 37.8 Å². The van der Waals surface area contributed by atoms with Crippen LogP contribution in [0.15, 0.2) is 18.5 Å². The number of aromatic nitrogens is 2. The number of nitrogens with zero attached hydrogens (tertiary/aromatic N) is 2. The van der Waals surface area contributed by atoms with Gasteiger partial charge in [-0.3, -0.25) is 0 Å². The Morgan fingerprint density at radius 3 is 2.57 bits per heavy atom. The fourth-order valence-corrected chi connectivity index (χ4v) is 1.95. The van der Waals surface area contributed by atoms with Crippen LogP contribution in [0, 0.1) is 0 Å². The van der Waals surface area contributed by atoms with E-state index in [-0.39, 0.29) is 0 Å². The molecule has 21 heavy (non-hydrogen) atoms. The molecule has 0 unspecified atom stereocenters. The van der Waals surface area contributed by atoms with Gasteiger partial charge in [0.1, 0.15) is 12.1 Å². The third-order valence-electron chi connectivity index (χ3n) is 2.94. The second-order valence-corrected chi connectivity index (χ2v) is 4.27. The number of hydrogen-bond donors (Lipinski definition) is 2. The molecule has 1 aromatic heterocycles. The topological polar surface area (TPSA) is 91.5 Å². The van der Waals surface area contributed by atoms with E-state index in [9.17, 15) is 0 Å². The SMILES string of the molecule is COc1cc2ncnc(NCCOCCN)c2cc1OC. The van der Waals surface area contributed by atoms with Crippen LogP contribution in [-0.2, 0) is 4.74 Å². The normalized spacial score (nSPS) is 10.6. The van der Waals surface area contributed by atoms with E-state index in [4.69, 9.17) is 19.9 Å². The molecule has 0 fully saturated rings. The molecule has 0 spiro atoms. The maximum atomic E-state index is 5.36. The molecule has 3 N–H and O–H groups in total. The zero-order valence-electron chi connectivity index (χ0n) is 12.3. The average molecular weight is 292 g/mol. The molecule has 0 saturated heterocycles. The smallest absolute Gasteiger partial charge is 0.162 e. The van der Waals surface area contributed by atoms with E-state index in [1.807, 2.05) is 12.1 Å². The van der Waals surface area contributed by atoms with Crippen molar-refractivity contribution in [2.45, 2.75) is 0 Å². The van der Waals surface area contributed by atoms with Crippen LogP contribution in [0.25, 0.3) is 10.9 Å². The molecule has 0 radical (unpaired) electrons. The van der Waals surface area contributed by atoms with Crippen molar-refractivity contribution in [2.24, 2.45) is 5.73 Å². The summed E-state index contributed by atoms with van der Waals surface area (Å²) in [5.74, 6) is 2.01. The van der Waals surface area contributed by atoms with Crippen LogP contribution >= 0.6 is 0 Å². The Bertz CT molecular complexity index is 592. The highest BCUT2D eigenvalue weighted by Crippen LogP contribution is 2.33. The molecule has 0 aliphatic rings. The summed E-state index contributed by atoms with van der Waals surface area (Å²) >= 11 is 0. The molecule has 0 aliphatic carbocycles. The molecule has 1 heterocycles. The van der Waals surface area contributed by atoms with Crippen molar-refractivity contribution < 1.29 is 14.2 Å². The predicted octanol–water partition coefficient (Wildman–Crippen LogP) is 1.03. The van der Waals surface area contributed by atoms with Gasteiger partial charge in [-0.15, -0.1) is 0 Å². The number of ether oxygens (including phenoxy) is 3. The van der Waals surface area contributed by atoms with Crippen molar-refractivity contribution in [1.29, 1.82) is 0 Å². The molecule has 114 valence electrons. The van der Waals surface area contributed by atoms with Gasteiger partial charge in [0.25, 0.3) is 0 Å². The Balaban J connectivity index is 2.19. The van der Waals surface area contributed by atoms with Gasteiger partial charge in [-0.1, -0.05) is 0 Å². The van der Waals surface area contributed by atoms with Crippen molar-refractivity contribution in [3.63, 3.8) is 0 Å². The molecular weight excluding hydrogens is 272 g/mol. The highest BCUT2D eigenvalue weighted by Gasteiger charge is 2.10. The van der Waals surface area contributed by atoms with Crippen LogP contribution < -0.4 is 20.5 Å². The number of rotatable bonds is 8. The molecule has 0 amide bonds. The number of methoxy groups -OCH3 is 2. The van der Waals surface area contributed by atoms with Crippen LogP contribution in [0.4, 0.5) is 5.82 Å². The highest BCUT2D eigenvalue weighted by molar-refractivity contribution is 5.91. The fourth-order valence-electron chi connectivity index (χ4n) is 1.95. The lowest BCUT2D eigenvalue weighted by Crippen LogP contribution is -2.15. The summed E-state index contributed by atoms with van der Waals surface area (Å²) in [6.07, 6.45) is 1.51. The second kappa shape index (κ2) is 7.61. The molecule has 7 heteroatoms. The summed E-state index contributed by atoms with van der Waals surface area (Å²) in [6.45, 7) is 2.28. The minimum Gasteiger partial charge on any atom is -0.493 e. The zero-order valence-corrected chi connectivity index (χ0v) is 12.3. The Labute approximate surface area is 123 Å². The molecular formula is C14H20N4O3. The summed E-state index contributed by atoms with van der Waals surface area (Å²) in [5, 5.41) is 4.09. The van der Waals surface area contributed by atoms with E-state index >= 15 is 0 Å². The maximum absolute atomic E-state index is 5.36. The number of benzene rings is 1. The van der Waals surface area contributed by atoms with Crippen LogP contribution in [0.2, 0.25) is 0 Å². The van der Waals surface area contributed by atoms with Crippen molar-refractivity contribution in [1.82, 2.24) is 9.97 Å². The lowest BCUT2D eigenvalue weighted by atomic mass is 10.2. The maximum Gasteiger partial charge on any atom is 0.162 e. The minimum atomic E-state index is 0.521. The van der Waals surface area contributed by atoms with Crippen molar-refractivity contribution in [3.05, 3.63) is 18.5 Å². The molecule has 0 saturated carbocycles. The molecule has 0 aliphatic heterocycles. The first kappa shape index (κ1) is 15.3. The summed E-state index contributed by atoms with van der Waals surface area (Å²) in [5.41, 5.74) is 6.15. The summed E-state index contributed by atoms with van der Waals surface area (Å²) in [4.78, 5) is 8.51. The number of fused-ring (bicyclic) bond motifs is 1. The second-order valence-electron chi connectivity index (χ2n) is 4.27. The Hall–Kier alpha value is -2.12. The van der Waals surface area contributed by atoms with Gasteiger partial charge < -0.3 is 25.3 Å². The zero-order chi connectivity index (χ0) is 15.1. The molecule has 2 rings (SSSR count). The van der Waals surface area contributed by atoms with Gasteiger partial charge in [-0.2, -0.15) is 0 Å². The third-order valence-corrected chi connectivity index (χ3v) is 2.94. The van der Waals surface area contributed by atoms with Gasteiger partial charge >= 0.3 is 0 Å². The summed E-state index contributed by atoms with van der Waals surface area (Å²) < 4.78 is 15.9. The minimum absolute atomic E-state index is 0.521. The van der Waals surface area contributed by atoms with E-state index in [1.54, 1.807) is 14.2 Å². The lowest BCUT2D eigenvalue weighted by molar-refractivity contribution is 0.151. The van der Waals surface area contributed by atoms with Crippen LogP contribution in [-0.4, -0.2) is 50.5 Å². The van der Waals surface area contributed by atoms with Crippen LogP contribution in [0.3, 0.4) is 0 Å². The van der Waals surface area contributed by atoms with Gasteiger partial charge in [0, 0.05) is 24.5 Å². The molecule has 7 nitrogen and oxygen atoms in total. The van der Waals surface area contributed by atoms with Gasteiger partial charge in [0.2, 0.25) is 0 Å². The quantitative estimate of drug-likeness (QED) is 0.702. The number of anilines is 1. The number of nitrogens with one attached hydrogen (secondary N) is 1. The molecule has 2 aromatic rings. The molecule has 1 aromatic carbocycles. The standard InChI is InChI=1S/C14H20N4O3/c1-19-12-7-10-11(8-13(12)20-2)17-9-18-14(10)16-4-6-21-5-3-15/h7-9H,3-6,15H2,1-2H3,(H,16,17,18). The van der Waals surface area contributed by atoms with E-state index in [0.717, 1.165) is 16.7 Å². The van der Waals surface area contributed by atoms with Crippen molar-refractivity contribution >= 4 is 16.7 Å². The fraction of sp³-hybridized carbons (Fsp3) is 0.429. The van der Waals surface area contributed by atoms with E-state index in [1.165, 1.54) is 6.33 Å². The lowest BCUT2D eigenvalue weighted by Gasteiger charge is -2.12. The van der Waals surface area contributed by atoms with Crippen molar-refractivity contribution in [2.75, 3.05) is 45.8 Å². The van der Waals surface area contributed by atoms with Gasteiger partial charge in [0.05, 0.1) is 33.0 Å². The van der Waals surface area contributed by atoms with Crippen LogP contribution in [0.5, 0.6) is 11.5 Å². The number of nitrogens with two attached hydrogens (primary N) is 1. The summed E-state index contributed by atoms with van der Waals surface area (Å²) in [7, 11) is 3.19. The number of hydrogen-bond acceptors (Lipinski definition) is 7. The monoisotopic (exact) mass is 292 g/mol. The van der Waals surface area contributed by atoms with Gasteiger partial charge in [-0.25, -0.2) is 9.97 Å². The molecule has 0 bridgehead atoms.